The van der Waals surface area contributed by atoms with E-state index in [2.05, 4.69) is 20.9 Å². The van der Waals surface area contributed by atoms with E-state index in [0.717, 1.165) is 5.56 Å². The Bertz CT molecular complexity index is 1450. The zero-order chi connectivity index (χ0) is 25.0. The van der Waals surface area contributed by atoms with Gasteiger partial charge in [-0.3, -0.25) is 19.7 Å². The van der Waals surface area contributed by atoms with Crippen LogP contribution in [0.15, 0.2) is 40.8 Å². The van der Waals surface area contributed by atoms with E-state index >= 15 is 0 Å². The quantitative estimate of drug-likeness (QED) is 0.438. The summed E-state index contributed by atoms with van der Waals surface area (Å²) in [6.45, 7) is 1.44. The number of urea groups is 1. The van der Waals surface area contributed by atoms with E-state index in [0.29, 0.717) is 41.3 Å². The summed E-state index contributed by atoms with van der Waals surface area (Å²) in [6.07, 6.45) is 0. The van der Waals surface area contributed by atoms with E-state index in [-0.39, 0.29) is 37.2 Å². The van der Waals surface area contributed by atoms with Crippen molar-refractivity contribution in [2.45, 2.75) is 12.1 Å². The van der Waals surface area contributed by atoms with Crippen molar-refractivity contribution in [2.75, 3.05) is 38.2 Å². The van der Waals surface area contributed by atoms with Crippen molar-refractivity contribution in [1.29, 1.82) is 0 Å². The fourth-order valence-corrected chi connectivity index (χ4v) is 4.87. The number of aromatic nitrogens is 1. The maximum absolute atomic E-state index is 13.2. The molecule has 3 aliphatic heterocycles. The molecule has 1 atom stereocenters. The topological polar surface area (TPSA) is 146 Å². The van der Waals surface area contributed by atoms with Gasteiger partial charge in [0.25, 0.3) is 11.8 Å². The Morgan fingerprint density at radius 2 is 1.97 bits per heavy atom. The first kappa shape index (κ1) is 21.9. The Hall–Kier alpha value is -4.61. The number of ether oxygens (including phenoxy) is 1. The highest BCUT2D eigenvalue weighted by atomic mass is 16.5. The normalized spacial score (nSPS) is 21.5. The number of carbonyl (C=O) groups is 4. The number of fused-ring (bicyclic) bond motifs is 2. The van der Waals surface area contributed by atoms with E-state index in [1.807, 2.05) is 4.90 Å². The number of hydrogen-bond donors (Lipinski definition) is 3. The lowest BCUT2D eigenvalue weighted by molar-refractivity contribution is -0.125. The maximum Gasteiger partial charge on any atom is 0.322 e. The Balaban J connectivity index is 1.35. The first-order valence-electron chi connectivity index (χ1n) is 11.4. The minimum Gasteiger partial charge on any atom is -0.497 e. The molecule has 1 aromatic carbocycles. The molecule has 3 aliphatic rings. The molecule has 6 rings (SSSR count). The number of carbonyl (C=O) groups excluding carboxylic acids is 4. The summed E-state index contributed by atoms with van der Waals surface area (Å²) in [7, 11) is 1.52. The highest BCUT2D eigenvalue weighted by Crippen LogP contribution is 2.35. The van der Waals surface area contributed by atoms with Crippen LogP contribution in [0.25, 0.3) is 11.1 Å². The first-order chi connectivity index (χ1) is 17.4. The molecule has 3 aromatic rings. The number of nitrogens with one attached hydrogen (secondary N) is 3. The molecule has 0 unspecified atom stereocenters. The molecule has 36 heavy (non-hydrogen) atoms. The largest absolute Gasteiger partial charge is 0.497 e. The number of benzene rings is 1. The molecule has 3 N–H and O–H groups in total. The van der Waals surface area contributed by atoms with E-state index in [9.17, 15) is 19.2 Å². The smallest absolute Gasteiger partial charge is 0.322 e. The summed E-state index contributed by atoms with van der Waals surface area (Å²) in [6, 6.07) is 9.58. The number of furan rings is 1. The molecule has 0 spiro atoms. The van der Waals surface area contributed by atoms with Gasteiger partial charge in [0, 0.05) is 31.3 Å². The third-order valence-electron chi connectivity index (χ3n) is 6.71. The molecule has 5 heterocycles. The minimum atomic E-state index is -1.63. The number of piperazine rings is 1. The number of rotatable bonds is 5. The number of imide groups is 1. The van der Waals surface area contributed by atoms with Crippen LogP contribution >= 0.6 is 0 Å². The van der Waals surface area contributed by atoms with Crippen LogP contribution in [0, 0.1) is 0 Å². The van der Waals surface area contributed by atoms with Crippen molar-refractivity contribution < 1.29 is 28.3 Å². The van der Waals surface area contributed by atoms with Crippen molar-refractivity contribution in [3.63, 3.8) is 0 Å². The van der Waals surface area contributed by atoms with Crippen molar-refractivity contribution in [1.82, 2.24) is 25.8 Å². The second-order valence-electron chi connectivity index (χ2n) is 8.93. The summed E-state index contributed by atoms with van der Waals surface area (Å²) in [5.41, 5.74) is 0.509. The zero-order valence-electron chi connectivity index (χ0n) is 19.3. The first-order valence-corrected chi connectivity index (χ1v) is 11.4. The highest BCUT2D eigenvalue weighted by Gasteiger charge is 2.53. The van der Waals surface area contributed by atoms with Crippen LogP contribution < -0.4 is 25.6 Å². The summed E-state index contributed by atoms with van der Waals surface area (Å²) >= 11 is 0. The lowest BCUT2D eigenvalue weighted by atomic mass is 9.95. The van der Waals surface area contributed by atoms with Crippen molar-refractivity contribution in [3.05, 3.63) is 53.3 Å². The van der Waals surface area contributed by atoms with E-state index in [4.69, 9.17) is 9.15 Å². The molecule has 12 nitrogen and oxygen atoms in total. The molecule has 2 fully saturated rings. The van der Waals surface area contributed by atoms with Gasteiger partial charge in [-0.05, 0) is 29.8 Å². The third kappa shape index (κ3) is 3.41. The molecule has 5 amide bonds. The highest BCUT2D eigenvalue weighted by molar-refractivity contribution is 6.08. The lowest BCUT2D eigenvalue weighted by Gasteiger charge is -2.28. The lowest BCUT2D eigenvalue weighted by Crippen LogP contribution is -2.52. The van der Waals surface area contributed by atoms with Gasteiger partial charge < -0.3 is 29.6 Å². The number of amides is 5. The van der Waals surface area contributed by atoms with Gasteiger partial charge >= 0.3 is 6.03 Å². The van der Waals surface area contributed by atoms with Crippen LogP contribution in [-0.4, -0.2) is 66.9 Å². The van der Waals surface area contributed by atoms with Crippen LogP contribution in [0.1, 0.15) is 21.7 Å². The Morgan fingerprint density at radius 3 is 2.72 bits per heavy atom. The maximum atomic E-state index is 13.2. The molecule has 0 saturated carbocycles. The van der Waals surface area contributed by atoms with Crippen LogP contribution in [-0.2, 0) is 21.7 Å². The standard InChI is InChI=1S/C24H22N6O6/c1-35-14-3-2-13-10-30(21(32)15(13)8-14)12-24(22(33)27-23(34)28-24)18-9-16-17(36-18)4-5-19(26-16)29-7-6-25-20(31)11-29/h2-5,8-9H,6-7,10-12H2,1H3,(H,25,31)(H2,27,28,33,34)/t24-/m0/s1. The van der Waals surface area contributed by atoms with Gasteiger partial charge in [0.2, 0.25) is 5.91 Å². The van der Waals surface area contributed by atoms with Crippen molar-refractivity contribution in [2.24, 2.45) is 0 Å². The van der Waals surface area contributed by atoms with Crippen molar-refractivity contribution >= 4 is 40.7 Å². The molecular formula is C24H22N6O6. The third-order valence-corrected chi connectivity index (χ3v) is 6.71. The van der Waals surface area contributed by atoms with Gasteiger partial charge in [0.05, 0.1) is 20.2 Å². The van der Waals surface area contributed by atoms with Crippen molar-refractivity contribution in [3.8, 4) is 5.75 Å². The monoisotopic (exact) mass is 490 g/mol. The molecule has 0 bridgehead atoms. The number of hydrogen-bond acceptors (Lipinski definition) is 8. The Labute approximate surface area is 204 Å². The van der Waals surface area contributed by atoms with E-state index < -0.39 is 17.5 Å². The Morgan fingerprint density at radius 1 is 1.11 bits per heavy atom. The molecular weight excluding hydrogens is 468 g/mol. The molecule has 184 valence electrons. The average Bonchev–Trinajstić information content (AvgIpc) is 3.52. The van der Waals surface area contributed by atoms with Gasteiger partial charge in [-0.15, -0.1) is 0 Å². The molecule has 2 saturated heterocycles. The predicted octanol–water partition coefficient (Wildman–Crippen LogP) is 0.463. The molecule has 12 heteroatoms. The predicted molar refractivity (Wildman–Crippen MR) is 125 cm³/mol. The zero-order valence-corrected chi connectivity index (χ0v) is 19.3. The van der Waals surface area contributed by atoms with Gasteiger partial charge in [-0.1, -0.05) is 6.07 Å². The van der Waals surface area contributed by atoms with Gasteiger partial charge in [-0.2, -0.15) is 0 Å². The number of pyridine rings is 1. The van der Waals surface area contributed by atoms with E-state index in [1.165, 1.54) is 12.0 Å². The summed E-state index contributed by atoms with van der Waals surface area (Å²) in [5.74, 6) is 0.309. The van der Waals surface area contributed by atoms with Gasteiger partial charge in [0.1, 0.15) is 22.8 Å². The molecule has 0 radical (unpaired) electrons. The fraction of sp³-hybridized carbons (Fsp3) is 0.292. The summed E-state index contributed by atoms with van der Waals surface area (Å²) in [5, 5.41) is 7.71. The number of nitrogens with zero attached hydrogens (tertiary/aromatic N) is 3. The second-order valence-corrected chi connectivity index (χ2v) is 8.93. The summed E-state index contributed by atoms with van der Waals surface area (Å²) in [4.78, 5) is 58.3. The second kappa shape index (κ2) is 7.97. The van der Waals surface area contributed by atoms with E-state index in [1.54, 1.807) is 36.4 Å². The minimum absolute atomic E-state index is 0.0887. The average molecular weight is 490 g/mol. The number of anilines is 1. The number of methoxy groups -OCH3 is 1. The summed E-state index contributed by atoms with van der Waals surface area (Å²) < 4.78 is 11.2. The van der Waals surface area contributed by atoms with Crippen LogP contribution in [0.4, 0.5) is 10.6 Å². The fourth-order valence-electron chi connectivity index (χ4n) is 4.87. The van der Waals surface area contributed by atoms with Crippen LogP contribution in [0.2, 0.25) is 0 Å². The SMILES string of the molecule is COc1ccc2c(c1)C(=O)N(C[C@@]1(c3cc4nc(N5CCNC(=O)C5)ccc4o3)NC(=O)NC1=O)C2. The van der Waals surface area contributed by atoms with Crippen LogP contribution in [0.3, 0.4) is 0 Å². The Kier molecular flexibility index (Phi) is 4.85. The molecule has 0 aliphatic carbocycles. The van der Waals surface area contributed by atoms with Gasteiger partial charge in [-0.25, -0.2) is 9.78 Å². The van der Waals surface area contributed by atoms with Gasteiger partial charge in [0.15, 0.2) is 11.1 Å². The molecule has 2 aromatic heterocycles. The van der Waals surface area contributed by atoms with Crippen LogP contribution in [0.5, 0.6) is 5.75 Å².